The van der Waals surface area contributed by atoms with E-state index in [1.165, 1.54) is 25.7 Å². The third-order valence-electron chi connectivity index (χ3n) is 0.957. The average Bonchev–Trinajstić information content (AvgIpc) is 1.88. The van der Waals surface area contributed by atoms with Crippen molar-refractivity contribution >= 4 is 0 Å². The second-order valence-electron chi connectivity index (χ2n) is 1.71. The zero-order valence-electron chi connectivity index (χ0n) is 5.85. The fourth-order valence-electron chi connectivity index (χ4n) is 0.500. The first kappa shape index (κ1) is 10.8. The molecule has 0 aliphatic heterocycles. The van der Waals surface area contributed by atoms with Crippen LogP contribution in [-0.4, -0.2) is 5.21 Å². The van der Waals surface area contributed by atoms with E-state index in [4.69, 9.17) is 5.21 Å². The van der Waals surface area contributed by atoms with Gasteiger partial charge >= 0.3 is 0 Å². The maximum absolute atomic E-state index is 6.50. The summed E-state index contributed by atoms with van der Waals surface area (Å²) in [6.07, 6.45) is 5.54. The van der Waals surface area contributed by atoms with Gasteiger partial charge in [0.15, 0.2) is 0 Å². The van der Waals surface area contributed by atoms with Gasteiger partial charge in [0.1, 0.15) is 0 Å². The SMILES string of the molecule is CCCCCC.NO. The Bertz CT molecular complexity index is 20.5. The molecular weight excluding hydrogens is 102 g/mol. The van der Waals surface area contributed by atoms with E-state index < -0.39 is 0 Å². The summed E-state index contributed by atoms with van der Waals surface area (Å²) < 4.78 is 0. The molecule has 0 bridgehead atoms. The predicted octanol–water partition coefficient (Wildman–Crippen LogP) is 1.92. The molecule has 0 aliphatic rings. The lowest BCUT2D eigenvalue weighted by Gasteiger charge is -1.86. The molecule has 0 spiro atoms. The third-order valence-corrected chi connectivity index (χ3v) is 0.957. The van der Waals surface area contributed by atoms with Crippen molar-refractivity contribution in [1.82, 2.24) is 0 Å². The number of nitrogens with two attached hydrogens (primary N) is 1. The molecule has 0 amide bonds. The highest BCUT2D eigenvalue weighted by Crippen LogP contribution is 1.95. The van der Waals surface area contributed by atoms with Crippen LogP contribution in [0.4, 0.5) is 0 Å². The number of rotatable bonds is 3. The van der Waals surface area contributed by atoms with Gasteiger partial charge in [-0.3, -0.25) is 0 Å². The van der Waals surface area contributed by atoms with Gasteiger partial charge in [0, 0.05) is 0 Å². The highest BCUT2D eigenvalue weighted by atomic mass is 16.4. The average molecular weight is 119 g/mol. The van der Waals surface area contributed by atoms with Gasteiger partial charge in [-0.15, -0.1) is 0 Å². The molecule has 2 heteroatoms. The maximum Gasteiger partial charge on any atom is -0.0536 e. The molecule has 0 rings (SSSR count). The van der Waals surface area contributed by atoms with Crippen LogP contribution in [-0.2, 0) is 0 Å². The fourth-order valence-corrected chi connectivity index (χ4v) is 0.500. The predicted molar refractivity (Wildman–Crippen MR) is 35.8 cm³/mol. The number of hydrogen-bond acceptors (Lipinski definition) is 2. The minimum atomic E-state index is 1.36. The van der Waals surface area contributed by atoms with Crippen molar-refractivity contribution in [3.8, 4) is 0 Å². The molecule has 52 valence electrons. The third kappa shape index (κ3) is 16.8. The molecule has 8 heavy (non-hydrogen) atoms. The quantitative estimate of drug-likeness (QED) is 0.440. The first-order valence-corrected chi connectivity index (χ1v) is 3.17. The van der Waals surface area contributed by atoms with Crippen LogP contribution in [0.5, 0.6) is 0 Å². The first-order chi connectivity index (χ1) is 3.91. The summed E-state index contributed by atoms with van der Waals surface area (Å²) in [7, 11) is 0. The van der Waals surface area contributed by atoms with Gasteiger partial charge in [0.25, 0.3) is 0 Å². The van der Waals surface area contributed by atoms with Gasteiger partial charge in [-0.25, -0.2) is 5.90 Å². The highest BCUT2D eigenvalue weighted by Gasteiger charge is 1.75. The Balaban J connectivity index is 0. The van der Waals surface area contributed by atoms with Crippen molar-refractivity contribution < 1.29 is 5.21 Å². The van der Waals surface area contributed by atoms with Crippen molar-refractivity contribution in [2.24, 2.45) is 5.90 Å². The van der Waals surface area contributed by atoms with Crippen molar-refractivity contribution in [1.29, 1.82) is 0 Å². The molecule has 0 saturated carbocycles. The molecule has 2 nitrogen and oxygen atoms in total. The zero-order valence-corrected chi connectivity index (χ0v) is 5.85. The molecule has 0 aromatic rings. The summed E-state index contributed by atoms with van der Waals surface area (Å²) in [5, 5.41) is 6.50. The largest absolute Gasteiger partial charge is 0.320 e. The summed E-state index contributed by atoms with van der Waals surface area (Å²) in [4.78, 5) is 0. The van der Waals surface area contributed by atoms with Crippen LogP contribution in [0.2, 0.25) is 0 Å². The lowest BCUT2D eigenvalue weighted by molar-refractivity contribution is 0.311. The Morgan fingerprint density at radius 1 is 1.00 bits per heavy atom. The van der Waals surface area contributed by atoms with Crippen LogP contribution in [0.15, 0.2) is 0 Å². The summed E-state index contributed by atoms with van der Waals surface area (Å²) in [6, 6.07) is 0. The maximum atomic E-state index is 6.50. The van der Waals surface area contributed by atoms with Gasteiger partial charge in [-0.2, -0.15) is 0 Å². The lowest BCUT2D eigenvalue weighted by Crippen LogP contribution is -1.72. The molecule has 0 aliphatic carbocycles. The van der Waals surface area contributed by atoms with E-state index in [9.17, 15) is 0 Å². The van der Waals surface area contributed by atoms with E-state index >= 15 is 0 Å². The normalized spacial score (nSPS) is 7.50. The van der Waals surface area contributed by atoms with E-state index in [1.54, 1.807) is 0 Å². The molecule has 0 aromatic carbocycles. The number of unbranched alkanes of at least 4 members (excludes halogenated alkanes) is 3. The zero-order chi connectivity index (χ0) is 6.83. The minimum Gasteiger partial charge on any atom is -0.320 e. The molecule has 3 N–H and O–H groups in total. The molecule has 0 heterocycles. The van der Waals surface area contributed by atoms with Gasteiger partial charge in [-0.05, 0) is 0 Å². The molecule has 0 saturated heterocycles. The summed E-state index contributed by atoms with van der Waals surface area (Å²) in [5.74, 6) is 3.50. The molecule has 0 radical (unpaired) electrons. The molecular formula is C6H17NO. The highest BCUT2D eigenvalue weighted by molar-refractivity contribution is 4.31. The van der Waals surface area contributed by atoms with Crippen LogP contribution >= 0.6 is 0 Å². The Kier molecular flexibility index (Phi) is 21.3. The van der Waals surface area contributed by atoms with Crippen molar-refractivity contribution in [2.75, 3.05) is 0 Å². The Morgan fingerprint density at radius 3 is 1.38 bits per heavy atom. The molecule has 0 unspecified atom stereocenters. The van der Waals surface area contributed by atoms with Gasteiger partial charge < -0.3 is 5.21 Å². The van der Waals surface area contributed by atoms with E-state index in [0.29, 0.717) is 0 Å². The second kappa shape index (κ2) is 15.8. The van der Waals surface area contributed by atoms with Crippen molar-refractivity contribution in [2.45, 2.75) is 39.5 Å². The van der Waals surface area contributed by atoms with Gasteiger partial charge in [-0.1, -0.05) is 39.5 Å². The Hall–Kier alpha value is -0.0800. The molecule has 0 atom stereocenters. The monoisotopic (exact) mass is 119 g/mol. The smallest absolute Gasteiger partial charge is 0.0536 e. The minimum absolute atomic E-state index is 1.36. The Morgan fingerprint density at radius 2 is 1.25 bits per heavy atom. The van der Waals surface area contributed by atoms with E-state index in [1.807, 2.05) is 0 Å². The second-order valence-corrected chi connectivity index (χ2v) is 1.71. The van der Waals surface area contributed by atoms with Crippen LogP contribution < -0.4 is 5.90 Å². The summed E-state index contributed by atoms with van der Waals surface area (Å²) >= 11 is 0. The van der Waals surface area contributed by atoms with Crippen molar-refractivity contribution in [3.05, 3.63) is 0 Å². The standard InChI is InChI=1S/C6H14.H3NO/c1-3-5-6-4-2;1-2/h3-6H2,1-2H3;2H,1H2. The molecule has 0 aromatic heterocycles. The lowest BCUT2D eigenvalue weighted by atomic mass is 10.2. The van der Waals surface area contributed by atoms with Gasteiger partial charge in [0.2, 0.25) is 0 Å². The van der Waals surface area contributed by atoms with Crippen molar-refractivity contribution in [3.63, 3.8) is 0 Å². The van der Waals surface area contributed by atoms with E-state index in [-0.39, 0.29) is 0 Å². The summed E-state index contributed by atoms with van der Waals surface area (Å²) in [6.45, 7) is 4.46. The van der Waals surface area contributed by atoms with Crippen LogP contribution in [0.3, 0.4) is 0 Å². The molecule has 0 fully saturated rings. The Labute approximate surface area is 51.7 Å². The summed E-state index contributed by atoms with van der Waals surface area (Å²) in [5.41, 5.74) is 0. The van der Waals surface area contributed by atoms with E-state index in [0.717, 1.165) is 0 Å². The van der Waals surface area contributed by atoms with Crippen LogP contribution in [0.25, 0.3) is 0 Å². The topological polar surface area (TPSA) is 46.2 Å². The number of hydrogen-bond donors (Lipinski definition) is 2. The van der Waals surface area contributed by atoms with Crippen LogP contribution in [0, 0.1) is 0 Å². The van der Waals surface area contributed by atoms with Gasteiger partial charge in [0.05, 0.1) is 0 Å². The first-order valence-electron chi connectivity index (χ1n) is 3.17. The fraction of sp³-hybridized carbons (Fsp3) is 1.00. The van der Waals surface area contributed by atoms with Crippen LogP contribution in [0.1, 0.15) is 39.5 Å². The van der Waals surface area contributed by atoms with E-state index in [2.05, 4.69) is 19.7 Å².